The fraction of sp³-hybridized carbons (Fsp3) is 0.462. The summed E-state index contributed by atoms with van der Waals surface area (Å²) < 4.78 is 0. The number of nitrogens with zero attached hydrogens (tertiary/aromatic N) is 2. The van der Waals surface area contributed by atoms with E-state index in [0.29, 0.717) is 5.69 Å². The van der Waals surface area contributed by atoms with E-state index in [9.17, 15) is 14.7 Å². The molecule has 1 saturated heterocycles. The zero-order chi connectivity index (χ0) is 14.7. The molecule has 3 N–H and O–H groups in total. The second-order valence-corrected chi connectivity index (χ2v) is 4.82. The third kappa shape index (κ3) is 3.24. The first kappa shape index (κ1) is 14.3. The van der Waals surface area contributed by atoms with Crippen molar-refractivity contribution in [2.75, 3.05) is 6.54 Å². The Kier molecular flexibility index (Phi) is 4.19. The molecule has 7 heteroatoms. The van der Waals surface area contributed by atoms with Crippen LogP contribution in [-0.4, -0.2) is 50.8 Å². The van der Waals surface area contributed by atoms with E-state index in [2.05, 4.69) is 10.3 Å². The quantitative estimate of drug-likeness (QED) is 0.729. The molecule has 0 aromatic carbocycles. The largest absolute Gasteiger partial charge is 0.480 e. The minimum absolute atomic E-state index is 0.0318. The number of aromatic nitrogens is 1. The van der Waals surface area contributed by atoms with Crippen LogP contribution >= 0.6 is 0 Å². The summed E-state index contributed by atoms with van der Waals surface area (Å²) in [5.74, 6) is -1.11. The molecule has 0 saturated carbocycles. The lowest BCUT2D eigenvalue weighted by atomic mass is 10.2. The highest BCUT2D eigenvalue weighted by molar-refractivity contribution is 5.83. The van der Waals surface area contributed by atoms with Crippen LogP contribution in [0.15, 0.2) is 18.2 Å². The Labute approximate surface area is 116 Å². The summed E-state index contributed by atoms with van der Waals surface area (Å²) in [5, 5.41) is 21.1. The van der Waals surface area contributed by atoms with Gasteiger partial charge in [-0.1, -0.05) is 6.07 Å². The van der Waals surface area contributed by atoms with Gasteiger partial charge in [-0.3, -0.25) is 4.98 Å². The van der Waals surface area contributed by atoms with Crippen LogP contribution < -0.4 is 5.32 Å². The van der Waals surface area contributed by atoms with Crippen LogP contribution in [0, 0.1) is 6.92 Å². The number of urea groups is 1. The van der Waals surface area contributed by atoms with Crippen molar-refractivity contribution in [3.8, 4) is 0 Å². The molecule has 2 heterocycles. The molecule has 1 aliphatic heterocycles. The third-order valence-corrected chi connectivity index (χ3v) is 3.19. The second-order valence-electron chi connectivity index (χ2n) is 4.82. The van der Waals surface area contributed by atoms with Crippen LogP contribution in [0.25, 0.3) is 0 Å². The highest BCUT2D eigenvalue weighted by atomic mass is 16.4. The summed E-state index contributed by atoms with van der Waals surface area (Å²) in [5.41, 5.74) is 1.54. The van der Waals surface area contributed by atoms with E-state index >= 15 is 0 Å². The molecule has 0 unspecified atom stereocenters. The minimum Gasteiger partial charge on any atom is -0.480 e. The van der Waals surface area contributed by atoms with E-state index in [-0.39, 0.29) is 19.5 Å². The van der Waals surface area contributed by atoms with Crippen molar-refractivity contribution in [1.82, 2.24) is 15.2 Å². The average Bonchev–Trinajstić information content (AvgIpc) is 2.78. The zero-order valence-corrected chi connectivity index (χ0v) is 11.1. The van der Waals surface area contributed by atoms with Crippen molar-refractivity contribution in [1.29, 1.82) is 0 Å². The van der Waals surface area contributed by atoms with Crippen LogP contribution in [0.1, 0.15) is 17.8 Å². The number of carboxylic acid groups (broad SMARTS) is 1. The van der Waals surface area contributed by atoms with Gasteiger partial charge in [0.05, 0.1) is 18.3 Å². The number of carbonyl (C=O) groups is 2. The van der Waals surface area contributed by atoms with Gasteiger partial charge in [-0.25, -0.2) is 9.59 Å². The molecule has 7 nitrogen and oxygen atoms in total. The molecule has 2 atom stereocenters. The molecule has 0 bridgehead atoms. The van der Waals surface area contributed by atoms with Gasteiger partial charge in [-0.15, -0.1) is 0 Å². The van der Waals surface area contributed by atoms with E-state index in [0.717, 1.165) is 10.6 Å². The fourth-order valence-electron chi connectivity index (χ4n) is 2.24. The molecule has 1 aliphatic rings. The van der Waals surface area contributed by atoms with E-state index in [1.807, 2.05) is 19.1 Å². The maximum atomic E-state index is 12.0. The maximum absolute atomic E-state index is 12.0. The van der Waals surface area contributed by atoms with Gasteiger partial charge in [-0.05, 0) is 19.1 Å². The number of pyridine rings is 1. The molecule has 1 fully saturated rings. The normalized spacial score (nSPS) is 21.8. The van der Waals surface area contributed by atoms with Crippen molar-refractivity contribution >= 4 is 12.0 Å². The van der Waals surface area contributed by atoms with Gasteiger partial charge in [0.2, 0.25) is 0 Å². The number of nitrogens with one attached hydrogen (secondary N) is 1. The molecule has 20 heavy (non-hydrogen) atoms. The SMILES string of the molecule is Cc1cccc(CNC(=O)N2C[C@H](O)C[C@H]2C(=O)O)n1. The van der Waals surface area contributed by atoms with Gasteiger partial charge >= 0.3 is 12.0 Å². The number of aliphatic carboxylic acids is 1. The summed E-state index contributed by atoms with van der Waals surface area (Å²) in [6.07, 6.45) is -0.732. The molecule has 108 valence electrons. The highest BCUT2D eigenvalue weighted by Gasteiger charge is 2.38. The number of β-amino-alcohol motifs (C(OH)–C–C–N with tert-alkyl or cyclic N) is 1. The number of hydrogen-bond donors (Lipinski definition) is 3. The second kappa shape index (κ2) is 5.87. The van der Waals surface area contributed by atoms with Gasteiger partial charge in [0.15, 0.2) is 0 Å². The van der Waals surface area contributed by atoms with E-state index in [1.54, 1.807) is 6.07 Å². The van der Waals surface area contributed by atoms with Crippen molar-refractivity contribution in [2.24, 2.45) is 0 Å². The Morgan fingerprint density at radius 2 is 2.25 bits per heavy atom. The number of carboxylic acids is 1. The number of carbonyl (C=O) groups excluding carboxylic acids is 1. The standard InChI is InChI=1S/C13H17N3O4/c1-8-3-2-4-9(15-8)6-14-13(20)16-7-10(17)5-11(16)12(18)19/h2-4,10-11,17H,5-7H2,1H3,(H,14,20)(H,18,19)/t10-,11+/m1/s1. The third-order valence-electron chi connectivity index (χ3n) is 3.19. The monoisotopic (exact) mass is 279 g/mol. The van der Waals surface area contributed by atoms with Crippen molar-refractivity contribution < 1.29 is 19.8 Å². The molecule has 1 aromatic rings. The van der Waals surface area contributed by atoms with Gasteiger partial charge in [0.25, 0.3) is 0 Å². The number of rotatable bonds is 3. The first-order chi connectivity index (χ1) is 9.47. The molecule has 0 radical (unpaired) electrons. The van der Waals surface area contributed by atoms with E-state index in [4.69, 9.17) is 5.11 Å². The number of likely N-dealkylation sites (tertiary alicyclic amines) is 1. The molecule has 2 amide bonds. The first-order valence-corrected chi connectivity index (χ1v) is 6.35. The summed E-state index contributed by atoms with van der Waals surface area (Å²) >= 11 is 0. The maximum Gasteiger partial charge on any atom is 0.326 e. The molecule has 0 aliphatic carbocycles. The summed E-state index contributed by atoms with van der Waals surface area (Å²) in [4.78, 5) is 28.4. The predicted octanol–water partition coefficient (Wildman–Crippen LogP) is 0.119. The summed E-state index contributed by atoms with van der Waals surface area (Å²) in [6.45, 7) is 2.10. The number of aliphatic hydroxyl groups is 1. The number of hydrogen-bond acceptors (Lipinski definition) is 4. The number of aryl methyl sites for hydroxylation is 1. The van der Waals surface area contributed by atoms with Crippen molar-refractivity contribution in [3.05, 3.63) is 29.6 Å². The lowest BCUT2D eigenvalue weighted by molar-refractivity contribution is -0.141. The molecular formula is C13H17N3O4. The Balaban J connectivity index is 1.96. The average molecular weight is 279 g/mol. The van der Waals surface area contributed by atoms with Gasteiger partial charge < -0.3 is 20.4 Å². The fourth-order valence-corrected chi connectivity index (χ4v) is 2.24. The van der Waals surface area contributed by atoms with Crippen molar-refractivity contribution in [3.63, 3.8) is 0 Å². The number of aliphatic hydroxyl groups excluding tert-OH is 1. The Hall–Kier alpha value is -2.15. The van der Waals surface area contributed by atoms with Crippen LogP contribution in [0.4, 0.5) is 4.79 Å². The molecule has 2 rings (SSSR count). The lowest BCUT2D eigenvalue weighted by Crippen LogP contribution is -2.46. The Morgan fingerprint density at radius 1 is 1.50 bits per heavy atom. The minimum atomic E-state index is -1.11. The lowest BCUT2D eigenvalue weighted by Gasteiger charge is -2.21. The van der Waals surface area contributed by atoms with E-state index < -0.39 is 24.1 Å². The van der Waals surface area contributed by atoms with Crippen LogP contribution in [0.2, 0.25) is 0 Å². The van der Waals surface area contributed by atoms with Crippen LogP contribution in [0.3, 0.4) is 0 Å². The Morgan fingerprint density at radius 3 is 2.90 bits per heavy atom. The van der Waals surface area contributed by atoms with Crippen LogP contribution in [0.5, 0.6) is 0 Å². The van der Waals surface area contributed by atoms with Gasteiger partial charge in [-0.2, -0.15) is 0 Å². The van der Waals surface area contributed by atoms with Gasteiger partial charge in [0.1, 0.15) is 6.04 Å². The van der Waals surface area contributed by atoms with Crippen molar-refractivity contribution in [2.45, 2.75) is 32.0 Å². The van der Waals surface area contributed by atoms with Gasteiger partial charge in [0, 0.05) is 18.7 Å². The highest BCUT2D eigenvalue weighted by Crippen LogP contribution is 2.18. The molecular weight excluding hydrogens is 262 g/mol. The molecule has 1 aromatic heterocycles. The number of amides is 2. The Bertz CT molecular complexity index is 520. The zero-order valence-electron chi connectivity index (χ0n) is 11.1. The smallest absolute Gasteiger partial charge is 0.326 e. The topological polar surface area (TPSA) is 103 Å². The van der Waals surface area contributed by atoms with Crippen LogP contribution in [-0.2, 0) is 11.3 Å². The summed E-state index contributed by atoms with van der Waals surface area (Å²) in [6, 6.07) is 3.99. The molecule has 0 spiro atoms. The van der Waals surface area contributed by atoms with E-state index in [1.165, 1.54) is 0 Å². The first-order valence-electron chi connectivity index (χ1n) is 6.35. The predicted molar refractivity (Wildman–Crippen MR) is 70.0 cm³/mol. The summed E-state index contributed by atoms with van der Waals surface area (Å²) in [7, 11) is 0.